The van der Waals surface area contributed by atoms with Gasteiger partial charge in [-0.1, -0.05) is 19.3 Å². The molecule has 28 heavy (non-hydrogen) atoms. The smallest absolute Gasteiger partial charge is 0.229 e. The van der Waals surface area contributed by atoms with Crippen LogP contribution in [0.2, 0.25) is 0 Å². The zero-order valence-corrected chi connectivity index (χ0v) is 16.1. The largest absolute Gasteiger partial charge is 0.593 e. The molecule has 9 heteroatoms. The number of hydrogen-bond donors (Lipinski definition) is 3. The monoisotopic (exact) mass is 395 g/mol. The second-order valence-electron chi connectivity index (χ2n) is 7.32. The van der Waals surface area contributed by atoms with Gasteiger partial charge < -0.3 is 9.87 Å². The summed E-state index contributed by atoms with van der Waals surface area (Å²) in [5.41, 5.74) is 4.71. The summed E-state index contributed by atoms with van der Waals surface area (Å²) >= 11 is -1.49. The molecule has 3 aromatic rings. The first kappa shape index (κ1) is 17.5. The average molecular weight is 395 g/mol. The van der Waals surface area contributed by atoms with Crippen LogP contribution in [0.4, 0.5) is 17.5 Å². The average Bonchev–Trinajstić information content (AvgIpc) is 3.08. The molecule has 1 fully saturated rings. The third-order valence-corrected chi connectivity index (χ3v) is 6.27. The number of hydrogen-bond acceptors (Lipinski definition) is 7. The summed E-state index contributed by atoms with van der Waals surface area (Å²) in [5.74, 6) is 1.48. The number of hydrazone groups is 1. The van der Waals surface area contributed by atoms with E-state index in [0.717, 1.165) is 35.4 Å². The number of nitrogens with zero attached hydrogens (tertiary/aromatic N) is 4. The summed E-state index contributed by atoms with van der Waals surface area (Å²) in [6.07, 6.45) is 9.66. The van der Waals surface area contributed by atoms with Crippen molar-refractivity contribution >= 4 is 46.1 Å². The molecule has 1 aromatic carbocycles. The summed E-state index contributed by atoms with van der Waals surface area (Å²) < 4.78 is 13.6. The van der Waals surface area contributed by atoms with E-state index in [1.54, 1.807) is 12.1 Å². The molecule has 2 aromatic heterocycles. The number of benzene rings is 1. The summed E-state index contributed by atoms with van der Waals surface area (Å²) in [4.78, 5) is 9.83. The van der Waals surface area contributed by atoms with Gasteiger partial charge in [0.2, 0.25) is 5.95 Å². The number of nitrogens with one attached hydrogen (secondary N) is 2. The van der Waals surface area contributed by atoms with Crippen molar-refractivity contribution in [3.63, 3.8) is 0 Å². The van der Waals surface area contributed by atoms with E-state index in [-0.39, 0.29) is 5.54 Å². The molecule has 1 aliphatic carbocycles. The number of fused-ring (bicyclic) bond motifs is 4. The minimum Gasteiger partial charge on any atom is -0.593 e. The maximum absolute atomic E-state index is 11.3. The molecule has 2 aliphatic rings. The molecule has 5 rings (SSSR count). The van der Waals surface area contributed by atoms with Crippen LogP contribution < -0.4 is 15.9 Å². The van der Waals surface area contributed by atoms with Crippen LogP contribution in [0.3, 0.4) is 0 Å². The van der Waals surface area contributed by atoms with Gasteiger partial charge in [-0.05, 0) is 43.2 Å². The molecule has 0 radical (unpaired) electrons. The lowest BCUT2D eigenvalue weighted by Gasteiger charge is -2.38. The zero-order valence-electron chi connectivity index (χ0n) is 15.3. The van der Waals surface area contributed by atoms with E-state index in [1.165, 1.54) is 19.3 Å². The molecule has 0 bridgehead atoms. The Balaban J connectivity index is 1.52. The summed E-state index contributed by atoms with van der Waals surface area (Å²) in [6, 6.07) is 9.15. The first-order valence-corrected chi connectivity index (χ1v) is 10.6. The van der Waals surface area contributed by atoms with Crippen molar-refractivity contribution in [1.82, 2.24) is 14.5 Å². The van der Waals surface area contributed by atoms with Crippen molar-refractivity contribution in [1.29, 1.82) is 0 Å². The Bertz CT molecular complexity index is 1040. The summed E-state index contributed by atoms with van der Waals surface area (Å²) in [6.45, 7) is 0. The van der Waals surface area contributed by atoms with Gasteiger partial charge >= 0.3 is 0 Å². The molecule has 1 atom stereocenters. The third-order valence-electron chi connectivity index (χ3n) is 5.53. The number of aromatic nitrogens is 3. The number of nitrogens with two attached hydrogens (primary N) is 1. The van der Waals surface area contributed by atoms with Gasteiger partial charge in [-0.3, -0.25) is 9.99 Å². The van der Waals surface area contributed by atoms with E-state index < -0.39 is 11.4 Å². The quantitative estimate of drug-likeness (QED) is 0.586. The Hall–Kier alpha value is -2.62. The highest BCUT2D eigenvalue weighted by Gasteiger charge is 2.37. The van der Waals surface area contributed by atoms with Crippen molar-refractivity contribution in [3.05, 3.63) is 36.5 Å². The van der Waals surface area contributed by atoms with Crippen LogP contribution in [0.1, 0.15) is 32.1 Å². The Labute approximate surface area is 165 Å². The minimum absolute atomic E-state index is 0.112. The SMILES string of the molecule is N[S+]([O-])c1ccc(Nc2ncc3cc4n(c3n2)C2(C=NN4)CCCCC2)cc1. The summed E-state index contributed by atoms with van der Waals surface area (Å²) in [5, 5.41) is 14.0. The van der Waals surface area contributed by atoms with E-state index in [1.807, 2.05) is 24.5 Å². The van der Waals surface area contributed by atoms with E-state index in [4.69, 9.17) is 10.1 Å². The zero-order chi connectivity index (χ0) is 19.1. The first-order chi connectivity index (χ1) is 13.6. The van der Waals surface area contributed by atoms with Crippen molar-refractivity contribution in [2.45, 2.75) is 42.5 Å². The van der Waals surface area contributed by atoms with E-state index in [2.05, 4.69) is 31.5 Å². The lowest BCUT2D eigenvalue weighted by atomic mass is 9.82. The molecular formula is C19H21N7OS. The highest BCUT2D eigenvalue weighted by molar-refractivity contribution is 7.89. The predicted molar refractivity (Wildman–Crippen MR) is 111 cm³/mol. The van der Waals surface area contributed by atoms with Crippen LogP contribution in [-0.4, -0.2) is 25.3 Å². The van der Waals surface area contributed by atoms with Gasteiger partial charge in [-0.15, -0.1) is 5.14 Å². The van der Waals surface area contributed by atoms with Crippen LogP contribution in [0.15, 0.2) is 46.5 Å². The highest BCUT2D eigenvalue weighted by Crippen LogP contribution is 2.41. The minimum atomic E-state index is -1.49. The topological polar surface area (TPSA) is 116 Å². The van der Waals surface area contributed by atoms with Crippen LogP contribution >= 0.6 is 0 Å². The standard InChI is InChI=1S/C19H21N7OS/c20-28(27)15-6-4-14(5-7-15)23-18-21-11-13-10-16-25-22-12-19(8-2-1-3-9-19)26(16)17(13)24-18/h4-7,10-12,25H,1-3,8-9,20H2,(H,21,23,24). The van der Waals surface area contributed by atoms with Crippen molar-refractivity contribution in [2.75, 3.05) is 10.7 Å². The summed E-state index contributed by atoms with van der Waals surface area (Å²) in [7, 11) is 0. The molecule has 0 amide bonds. The van der Waals surface area contributed by atoms with Gasteiger partial charge in [-0.2, -0.15) is 10.1 Å². The molecule has 4 N–H and O–H groups in total. The normalized spacial score (nSPS) is 18.6. The van der Waals surface area contributed by atoms with Gasteiger partial charge in [0.1, 0.15) is 11.5 Å². The maximum atomic E-state index is 11.3. The van der Waals surface area contributed by atoms with Crippen LogP contribution in [-0.2, 0) is 16.9 Å². The van der Waals surface area contributed by atoms with Gasteiger partial charge in [0.05, 0.1) is 23.1 Å². The maximum Gasteiger partial charge on any atom is 0.229 e. The van der Waals surface area contributed by atoms with Gasteiger partial charge in [0.15, 0.2) is 4.90 Å². The molecule has 1 unspecified atom stereocenters. The van der Waals surface area contributed by atoms with E-state index in [9.17, 15) is 4.55 Å². The van der Waals surface area contributed by atoms with Crippen molar-refractivity contribution in [3.8, 4) is 0 Å². The molecule has 3 heterocycles. The Kier molecular flexibility index (Phi) is 4.22. The molecule has 1 saturated carbocycles. The van der Waals surface area contributed by atoms with Crippen LogP contribution in [0.5, 0.6) is 0 Å². The van der Waals surface area contributed by atoms with Gasteiger partial charge in [0, 0.05) is 17.3 Å². The Morgan fingerprint density at radius 2 is 1.96 bits per heavy atom. The molecular weight excluding hydrogens is 374 g/mol. The molecule has 1 spiro atoms. The number of rotatable bonds is 3. The molecule has 144 valence electrons. The molecule has 8 nitrogen and oxygen atoms in total. The second kappa shape index (κ2) is 6.77. The van der Waals surface area contributed by atoms with Crippen molar-refractivity contribution in [2.24, 2.45) is 10.2 Å². The fourth-order valence-corrected chi connectivity index (χ4v) is 4.58. The lowest BCUT2D eigenvalue weighted by molar-refractivity contribution is 0.293. The Morgan fingerprint density at radius 3 is 2.71 bits per heavy atom. The molecule has 1 aliphatic heterocycles. The second-order valence-corrected chi connectivity index (χ2v) is 8.38. The van der Waals surface area contributed by atoms with Gasteiger partial charge in [-0.25, -0.2) is 4.98 Å². The predicted octanol–water partition coefficient (Wildman–Crippen LogP) is 3.23. The molecule has 0 saturated heterocycles. The third kappa shape index (κ3) is 2.92. The van der Waals surface area contributed by atoms with E-state index in [0.29, 0.717) is 10.8 Å². The first-order valence-electron chi connectivity index (χ1n) is 9.37. The fourth-order valence-electron chi connectivity index (χ4n) is 4.18. The number of anilines is 3. The van der Waals surface area contributed by atoms with Crippen LogP contribution in [0, 0.1) is 0 Å². The van der Waals surface area contributed by atoms with Gasteiger partial charge in [0.25, 0.3) is 0 Å². The van der Waals surface area contributed by atoms with E-state index >= 15 is 0 Å². The van der Waals surface area contributed by atoms with Crippen LogP contribution in [0.25, 0.3) is 11.0 Å². The highest BCUT2D eigenvalue weighted by atomic mass is 32.2. The fraction of sp³-hybridized carbons (Fsp3) is 0.316. The lowest BCUT2D eigenvalue weighted by Crippen LogP contribution is -2.40. The Morgan fingerprint density at radius 1 is 1.18 bits per heavy atom. The van der Waals surface area contributed by atoms with Crippen molar-refractivity contribution < 1.29 is 4.55 Å².